The summed E-state index contributed by atoms with van der Waals surface area (Å²) in [7, 11) is -2.55. The van der Waals surface area contributed by atoms with Crippen molar-refractivity contribution in [3.63, 3.8) is 0 Å². The number of carbonyl (C=O) groups is 2. The normalized spacial score (nSPS) is 12.1. The monoisotopic (exact) mass is 565 g/mol. The van der Waals surface area contributed by atoms with Crippen molar-refractivity contribution < 1.29 is 22.7 Å². The van der Waals surface area contributed by atoms with Gasteiger partial charge in [-0.25, -0.2) is 8.42 Å². The zero-order chi connectivity index (χ0) is 29.4. The predicted octanol–water partition coefficient (Wildman–Crippen LogP) is 4.84. The third-order valence-corrected chi connectivity index (χ3v) is 8.53. The molecule has 1 atom stereocenters. The molecule has 9 heteroatoms. The number of anilines is 1. The third kappa shape index (κ3) is 7.21. The lowest BCUT2D eigenvalue weighted by Gasteiger charge is -2.34. The fraction of sp³-hybridized carbons (Fsp3) is 0.355. The van der Waals surface area contributed by atoms with E-state index in [2.05, 4.69) is 5.32 Å². The lowest BCUT2D eigenvalue weighted by molar-refractivity contribution is -0.140. The van der Waals surface area contributed by atoms with Crippen LogP contribution in [-0.4, -0.2) is 50.9 Å². The molecular formula is C31H39N3O5S. The van der Waals surface area contributed by atoms with Crippen LogP contribution in [0.3, 0.4) is 0 Å². The van der Waals surface area contributed by atoms with E-state index < -0.39 is 28.5 Å². The molecule has 3 aromatic carbocycles. The molecule has 0 heterocycles. The Balaban J connectivity index is 2.10. The molecule has 214 valence electrons. The number of aryl methyl sites for hydroxylation is 1. The second kappa shape index (κ2) is 13.5. The van der Waals surface area contributed by atoms with Crippen molar-refractivity contribution in [1.82, 2.24) is 10.2 Å². The molecule has 0 fully saturated rings. The van der Waals surface area contributed by atoms with E-state index in [1.165, 1.54) is 17.0 Å². The van der Waals surface area contributed by atoms with Crippen LogP contribution in [-0.2, 0) is 26.2 Å². The Labute approximate surface area is 238 Å². The highest BCUT2D eigenvalue weighted by Crippen LogP contribution is 2.29. The fourth-order valence-corrected chi connectivity index (χ4v) is 6.00. The van der Waals surface area contributed by atoms with Crippen LogP contribution in [0.4, 0.5) is 5.69 Å². The quantitative estimate of drug-likeness (QED) is 0.339. The summed E-state index contributed by atoms with van der Waals surface area (Å²) in [4.78, 5) is 29.0. The molecule has 0 bridgehead atoms. The van der Waals surface area contributed by atoms with Gasteiger partial charge in [0, 0.05) is 12.6 Å². The molecule has 8 nitrogen and oxygen atoms in total. The average molecular weight is 566 g/mol. The summed E-state index contributed by atoms with van der Waals surface area (Å²) in [5.41, 5.74) is 2.82. The zero-order valence-electron chi connectivity index (χ0n) is 24.0. The first-order chi connectivity index (χ1) is 19.0. The van der Waals surface area contributed by atoms with Crippen molar-refractivity contribution in [1.29, 1.82) is 0 Å². The molecule has 0 unspecified atom stereocenters. The van der Waals surface area contributed by atoms with Crippen molar-refractivity contribution in [2.45, 2.75) is 64.6 Å². The number of rotatable bonds is 12. The van der Waals surface area contributed by atoms with Crippen LogP contribution in [0.15, 0.2) is 77.7 Å². The Morgan fingerprint density at radius 2 is 1.62 bits per heavy atom. The number of ether oxygens (including phenoxy) is 1. The predicted molar refractivity (Wildman–Crippen MR) is 158 cm³/mol. The van der Waals surface area contributed by atoms with E-state index in [9.17, 15) is 18.0 Å². The van der Waals surface area contributed by atoms with Gasteiger partial charge in [-0.05, 0) is 81.1 Å². The number of nitrogens with zero attached hydrogens (tertiary/aromatic N) is 2. The molecular weight excluding hydrogens is 526 g/mol. The largest absolute Gasteiger partial charge is 0.497 e. The Hall–Kier alpha value is -3.85. The van der Waals surface area contributed by atoms with Crippen LogP contribution in [0.25, 0.3) is 0 Å². The molecule has 0 aliphatic carbocycles. The van der Waals surface area contributed by atoms with E-state index >= 15 is 0 Å². The summed E-state index contributed by atoms with van der Waals surface area (Å²) in [6.45, 7) is 8.90. The van der Waals surface area contributed by atoms with Gasteiger partial charge in [0.15, 0.2) is 0 Å². The lowest BCUT2D eigenvalue weighted by atomic mass is 10.1. The Kier molecular flexibility index (Phi) is 10.3. The zero-order valence-corrected chi connectivity index (χ0v) is 24.9. The minimum Gasteiger partial charge on any atom is -0.497 e. The number of methoxy groups -OCH3 is 1. The minimum absolute atomic E-state index is 0.0765. The van der Waals surface area contributed by atoms with Gasteiger partial charge in [-0.1, -0.05) is 49.4 Å². The molecule has 0 saturated heterocycles. The highest BCUT2D eigenvalue weighted by Gasteiger charge is 2.34. The first-order valence-electron chi connectivity index (χ1n) is 13.4. The summed E-state index contributed by atoms with van der Waals surface area (Å²) < 4.78 is 34.5. The van der Waals surface area contributed by atoms with Crippen LogP contribution in [0.5, 0.6) is 5.75 Å². The Bertz CT molecular complexity index is 1420. The van der Waals surface area contributed by atoms with Crippen LogP contribution in [0.1, 0.15) is 43.9 Å². The molecule has 2 amide bonds. The van der Waals surface area contributed by atoms with Crippen LogP contribution in [0.2, 0.25) is 0 Å². The third-order valence-electron chi connectivity index (χ3n) is 6.76. The maximum Gasteiger partial charge on any atom is 0.264 e. The highest BCUT2D eigenvalue weighted by molar-refractivity contribution is 7.92. The van der Waals surface area contributed by atoms with E-state index in [-0.39, 0.29) is 23.4 Å². The molecule has 3 aromatic rings. The summed E-state index contributed by atoms with van der Waals surface area (Å²) in [6.07, 6.45) is 0.350. The van der Waals surface area contributed by atoms with Gasteiger partial charge in [0.05, 0.1) is 17.7 Å². The number of nitrogens with one attached hydrogen (secondary N) is 1. The van der Waals surface area contributed by atoms with E-state index in [0.717, 1.165) is 21.0 Å². The number of sulfonamides is 1. The molecule has 0 aliphatic rings. The van der Waals surface area contributed by atoms with Gasteiger partial charge < -0.3 is 15.0 Å². The summed E-state index contributed by atoms with van der Waals surface area (Å²) in [5.74, 6) is -0.166. The summed E-state index contributed by atoms with van der Waals surface area (Å²) in [5, 5.41) is 2.91. The van der Waals surface area contributed by atoms with Crippen molar-refractivity contribution in [2.24, 2.45) is 0 Å². The second-order valence-corrected chi connectivity index (χ2v) is 11.9. The summed E-state index contributed by atoms with van der Waals surface area (Å²) in [6, 6.07) is 19.8. The Morgan fingerprint density at radius 1 is 0.950 bits per heavy atom. The minimum atomic E-state index is -4.11. The van der Waals surface area contributed by atoms with Gasteiger partial charge in [-0.2, -0.15) is 0 Å². The van der Waals surface area contributed by atoms with Gasteiger partial charge in [0.2, 0.25) is 11.8 Å². The number of hydrogen-bond donors (Lipinski definition) is 1. The fourth-order valence-electron chi connectivity index (χ4n) is 4.51. The van der Waals surface area contributed by atoms with Gasteiger partial charge in [0.1, 0.15) is 18.3 Å². The molecule has 0 radical (unpaired) electrons. The molecule has 1 N–H and O–H groups in total. The molecule has 0 spiro atoms. The van der Waals surface area contributed by atoms with E-state index in [4.69, 9.17) is 4.74 Å². The topological polar surface area (TPSA) is 96.0 Å². The number of benzene rings is 3. The molecule has 40 heavy (non-hydrogen) atoms. The first-order valence-corrected chi connectivity index (χ1v) is 14.8. The average Bonchev–Trinajstić information content (AvgIpc) is 2.93. The van der Waals surface area contributed by atoms with Crippen molar-refractivity contribution >= 4 is 27.5 Å². The summed E-state index contributed by atoms with van der Waals surface area (Å²) >= 11 is 0. The van der Waals surface area contributed by atoms with Crippen molar-refractivity contribution in [3.05, 3.63) is 89.5 Å². The standard InChI is InChI=1S/C31H39N3O5S/c1-7-28(31(36)32-22(2)3)33(20-25-14-12-15-26(19-25)39-6)30(35)21-34(29-18-11-13-23(4)24(29)5)40(37,38)27-16-9-8-10-17-27/h8-19,22,28H,7,20-21H2,1-6H3,(H,32,36)/t28-/m1/s1. The molecule has 0 aliphatic heterocycles. The lowest BCUT2D eigenvalue weighted by Crippen LogP contribution is -2.53. The van der Waals surface area contributed by atoms with E-state index in [1.54, 1.807) is 49.6 Å². The van der Waals surface area contributed by atoms with Crippen LogP contribution >= 0.6 is 0 Å². The first kappa shape index (κ1) is 30.7. The molecule has 0 saturated carbocycles. The van der Waals surface area contributed by atoms with Crippen molar-refractivity contribution in [3.8, 4) is 5.75 Å². The Morgan fingerprint density at radius 3 is 2.25 bits per heavy atom. The molecule has 0 aromatic heterocycles. The van der Waals surface area contributed by atoms with E-state index in [0.29, 0.717) is 17.9 Å². The second-order valence-electron chi connectivity index (χ2n) is 10.0. The van der Waals surface area contributed by atoms with Crippen LogP contribution in [0, 0.1) is 13.8 Å². The maximum absolute atomic E-state index is 14.2. The number of amides is 2. The van der Waals surface area contributed by atoms with Gasteiger partial charge in [-0.3, -0.25) is 13.9 Å². The van der Waals surface area contributed by atoms with Gasteiger partial charge in [-0.15, -0.1) is 0 Å². The van der Waals surface area contributed by atoms with Gasteiger partial charge in [0.25, 0.3) is 10.0 Å². The number of carbonyl (C=O) groups excluding carboxylic acids is 2. The van der Waals surface area contributed by atoms with Crippen molar-refractivity contribution in [2.75, 3.05) is 18.0 Å². The van der Waals surface area contributed by atoms with Gasteiger partial charge >= 0.3 is 0 Å². The van der Waals surface area contributed by atoms with E-state index in [1.807, 2.05) is 52.8 Å². The molecule has 3 rings (SSSR count). The maximum atomic E-state index is 14.2. The smallest absolute Gasteiger partial charge is 0.264 e. The SMILES string of the molecule is CC[C@H](C(=O)NC(C)C)N(Cc1cccc(OC)c1)C(=O)CN(c1cccc(C)c1C)S(=O)(=O)c1ccccc1. The van der Waals surface area contributed by atoms with Crippen LogP contribution < -0.4 is 14.4 Å². The number of hydrogen-bond acceptors (Lipinski definition) is 5. The highest BCUT2D eigenvalue weighted by atomic mass is 32.2.